The maximum absolute atomic E-state index is 13.9. The number of furan rings is 1. The number of carbonyl (C=O) groups is 1. The van der Waals surface area contributed by atoms with E-state index in [-0.39, 0.29) is 17.5 Å². The van der Waals surface area contributed by atoms with Gasteiger partial charge in [-0.25, -0.2) is 9.37 Å². The lowest BCUT2D eigenvalue weighted by molar-refractivity contribution is -0.127. The van der Waals surface area contributed by atoms with E-state index in [2.05, 4.69) is 21.3 Å². The van der Waals surface area contributed by atoms with Crippen LogP contribution >= 0.6 is 11.8 Å². The molecule has 0 saturated heterocycles. The third kappa shape index (κ3) is 4.76. The van der Waals surface area contributed by atoms with E-state index < -0.39 is 0 Å². The third-order valence-corrected chi connectivity index (χ3v) is 5.56. The molecule has 0 fully saturated rings. The van der Waals surface area contributed by atoms with Gasteiger partial charge in [-0.05, 0) is 49.9 Å². The van der Waals surface area contributed by atoms with E-state index in [1.165, 1.54) is 17.8 Å². The van der Waals surface area contributed by atoms with Crippen molar-refractivity contribution in [3.05, 3.63) is 66.0 Å². The predicted octanol–water partition coefficient (Wildman–Crippen LogP) is 4.78. The van der Waals surface area contributed by atoms with E-state index >= 15 is 0 Å². The number of thioether (sulfide) groups is 1. The first-order chi connectivity index (χ1) is 14.2. The van der Waals surface area contributed by atoms with Crippen LogP contribution in [0.4, 0.5) is 4.39 Å². The van der Waals surface area contributed by atoms with Crippen molar-refractivity contribution >= 4 is 17.7 Å². The maximum atomic E-state index is 13.9. The molecule has 1 aromatic carbocycles. The van der Waals surface area contributed by atoms with Gasteiger partial charge >= 0.3 is 0 Å². The van der Waals surface area contributed by atoms with Crippen molar-refractivity contribution in [2.75, 3.05) is 5.75 Å². The minimum Gasteiger partial charge on any atom is -0.467 e. The summed E-state index contributed by atoms with van der Waals surface area (Å²) < 4.78 is 19.4. The number of carbonyl (C=O) groups excluding carboxylic acids is 1. The number of nitrogens with zero attached hydrogens (tertiary/aromatic N) is 3. The zero-order valence-electron chi connectivity index (χ0n) is 15.8. The van der Waals surface area contributed by atoms with Crippen LogP contribution in [0.1, 0.15) is 31.4 Å². The number of aromatic amines is 1. The number of nitrogens with one attached hydrogen (secondary N) is 1. The van der Waals surface area contributed by atoms with Crippen LogP contribution < -0.4 is 0 Å². The second-order valence-corrected chi connectivity index (χ2v) is 7.68. The second-order valence-electron chi connectivity index (χ2n) is 6.74. The fraction of sp³-hybridized carbons (Fsp3) is 0.286. The van der Waals surface area contributed by atoms with Gasteiger partial charge in [-0.15, -0.1) is 5.10 Å². The molecule has 0 atom stereocenters. The van der Waals surface area contributed by atoms with Crippen molar-refractivity contribution in [2.24, 2.45) is 0 Å². The van der Waals surface area contributed by atoms with Crippen molar-refractivity contribution < 1.29 is 13.6 Å². The summed E-state index contributed by atoms with van der Waals surface area (Å²) in [5, 5.41) is 7.26. The average Bonchev–Trinajstić information content (AvgIpc) is 3.43. The molecule has 6 nitrogen and oxygen atoms in total. The lowest BCUT2D eigenvalue weighted by Gasteiger charge is -2.26. The number of halogens is 1. The molecule has 0 aliphatic heterocycles. The first-order valence-corrected chi connectivity index (χ1v) is 10.5. The van der Waals surface area contributed by atoms with E-state index in [1.54, 1.807) is 29.4 Å². The quantitative estimate of drug-likeness (QED) is 0.565. The number of hydrogen-bond acceptors (Lipinski definition) is 5. The zero-order valence-corrected chi connectivity index (χ0v) is 16.6. The summed E-state index contributed by atoms with van der Waals surface area (Å²) >= 11 is 1.23. The van der Waals surface area contributed by atoms with Gasteiger partial charge in [0.05, 0.1) is 24.1 Å². The number of aromatic nitrogens is 3. The minimum atomic E-state index is -0.370. The summed E-state index contributed by atoms with van der Waals surface area (Å²) in [7, 11) is 0. The highest BCUT2D eigenvalue weighted by molar-refractivity contribution is 7.99. The Balaban J connectivity index is 1.44. The van der Waals surface area contributed by atoms with Gasteiger partial charge in [-0.1, -0.05) is 30.0 Å². The van der Waals surface area contributed by atoms with Crippen LogP contribution in [0.3, 0.4) is 0 Å². The van der Waals surface area contributed by atoms with E-state index in [1.807, 2.05) is 12.1 Å². The first-order valence-electron chi connectivity index (χ1n) is 9.52. The molecule has 4 rings (SSSR count). The normalized spacial score (nSPS) is 13.9. The molecule has 1 aliphatic carbocycles. The van der Waals surface area contributed by atoms with Crippen molar-refractivity contribution in [1.29, 1.82) is 0 Å². The average molecular weight is 412 g/mol. The van der Waals surface area contributed by atoms with Crippen molar-refractivity contribution in [2.45, 2.75) is 37.4 Å². The van der Waals surface area contributed by atoms with Gasteiger partial charge in [0.15, 0.2) is 5.82 Å². The zero-order chi connectivity index (χ0) is 20.1. The molecule has 0 unspecified atom stereocenters. The highest BCUT2D eigenvalue weighted by Crippen LogP contribution is 2.26. The predicted molar refractivity (Wildman–Crippen MR) is 108 cm³/mol. The maximum Gasteiger partial charge on any atom is 0.237 e. The molecule has 8 heteroatoms. The highest BCUT2D eigenvalue weighted by atomic mass is 32.2. The van der Waals surface area contributed by atoms with Gasteiger partial charge in [0.25, 0.3) is 0 Å². The first kappa shape index (κ1) is 19.4. The molecule has 3 aromatic rings. The number of hydrogen-bond donors (Lipinski definition) is 1. The second kappa shape index (κ2) is 9.09. The molecule has 1 N–H and O–H groups in total. The molecule has 0 bridgehead atoms. The fourth-order valence-electron chi connectivity index (χ4n) is 3.26. The Kier molecular flexibility index (Phi) is 6.09. The van der Waals surface area contributed by atoms with Gasteiger partial charge in [0.1, 0.15) is 11.6 Å². The molecule has 0 spiro atoms. The summed E-state index contributed by atoms with van der Waals surface area (Å²) in [6, 6.07) is 10.1. The summed E-state index contributed by atoms with van der Waals surface area (Å²) in [6.07, 6.45) is 7.84. The summed E-state index contributed by atoms with van der Waals surface area (Å²) in [6.45, 7) is 0.409. The Labute approximate surface area is 172 Å². The lowest BCUT2D eigenvalue weighted by Crippen LogP contribution is -2.32. The smallest absolute Gasteiger partial charge is 0.237 e. The molecule has 0 saturated carbocycles. The van der Waals surface area contributed by atoms with Gasteiger partial charge in [-0.2, -0.15) is 0 Å². The molecular formula is C21H21FN4O2S. The van der Waals surface area contributed by atoms with Crippen molar-refractivity contribution in [3.8, 4) is 11.4 Å². The fourth-order valence-corrected chi connectivity index (χ4v) is 3.94. The topological polar surface area (TPSA) is 75.0 Å². The Morgan fingerprint density at radius 1 is 1.24 bits per heavy atom. The number of H-pyrrole nitrogens is 1. The highest BCUT2D eigenvalue weighted by Gasteiger charge is 2.22. The van der Waals surface area contributed by atoms with Crippen LogP contribution in [-0.2, 0) is 11.3 Å². The van der Waals surface area contributed by atoms with E-state index in [9.17, 15) is 9.18 Å². The van der Waals surface area contributed by atoms with Crippen molar-refractivity contribution in [3.63, 3.8) is 0 Å². The van der Waals surface area contributed by atoms with Gasteiger partial charge in [0, 0.05) is 5.70 Å². The number of rotatable bonds is 7. The Morgan fingerprint density at radius 3 is 2.90 bits per heavy atom. The largest absolute Gasteiger partial charge is 0.467 e. The van der Waals surface area contributed by atoms with Crippen LogP contribution in [0.25, 0.3) is 11.4 Å². The van der Waals surface area contributed by atoms with Crippen LogP contribution in [0.2, 0.25) is 0 Å². The van der Waals surface area contributed by atoms with Crippen LogP contribution in [-0.4, -0.2) is 31.7 Å². The molecule has 1 amide bonds. The van der Waals surface area contributed by atoms with Gasteiger partial charge in [-0.3, -0.25) is 9.89 Å². The monoisotopic (exact) mass is 412 g/mol. The van der Waals surface area contributed by atoms with E-state index in [0.717, 1.165) is 37.1 Å². The Hall–Kier alpha value is -2.87. The Morgan fingerprint density at radius 2 is 2.14 bits per heavy atom. The standard InChI is InChI=1S/C21H21FN4O2S/c22-18-11-5-4-10-17(18)20-23-21(25-24-20)29-14-19(27)26(13-16-9-6-12-28-16)15-7-2-1-3-8-15/h4-7,9-12H,1-3,8,13-14H2,(H,23,24,25). The summed E-state index contributed by atoms with van der Waals surface area (Å²) in [5.74, 6) is 0.879. The molecule has 150 valence electrons. The molecule has 0 radical (unpaired) electrons. The van der Waals surface area contributed by atoms with Gasteiger partial charge < -0.3 is 9.32 Å². The van der Waals surface area contributed by atoms with Gasteiger partial charge in [0.2, 0.25) is 11.1 Å². The lowest BCUT2D eigenvalue weighted by atomic mass is 10.0. The number of allylic oxidation sites excluding steroid dienone is 2. The molecule has 2 heterocycles. The third-order valence-electron chi connectivity index (χ3n) is 4.73. The molecule has 1 aliphatic rings. The Bertz CT molecular complexity index is 1000. The SMILES string of the molecule is O=C(CSc1n[nH]c(-c2ccccc2F)n1)N(Cc1ccco1)C1=CCCCC1. The summed E-state index contributed by atoms with van der Waals surface area (Å²) in [5.41, 5.74) is 1.39. The number of amides is 1. The van der Waals surface area contributed by atoms with E-state index in [4.69, 9.17) is 4.42 Å². The molecular weight excluding hydrogens is 391 g/mol. The van der Waals surface area contributed by atoms with Crippen LogP contribution in [0.15, 0.2) is 64.0 Å². The summed E-state index contributed by atoms with van der Waals surface area (Å²) in [4.78, 5) is 19.1. The molecule has 2 aromatic heterocycles. The van der Waals surface area contributed by atoms with Crippen LogP contribution in [0.5, 0.6) is 0 Å². The van der Waals surface area contributed by atoms with Crippen LogP contribution in [0, 0.1) is 5.82 Å². The number of benzene rings is 1. The van der Waals surface area contributed by atoms with E-state index in [0.29, 0.717) is 23.1 Å². The molecule has 29 heavy (non-hydrogen) atoms. The minimum absolute atomic E-state index is 0.0307. The van der Waals surface area contributed by atoms with Crippen molar-refractivity contribution in [1.82, 2.24) is 20.1 Å².